The van der Waals surface area contributed by atoms with Gasteiger partial charge in [-0.1, -0.05) is 35.7 Å². The molecule has 0 aliphatic rings. The second-order valence-corrected chi connectivity index (χ2v) is 6.97. The predicted molar refractivity (Wildman–Crippen MR) is 115 cm³/mol. The van der Waals surface area contributed by atoms with Crippen molar-refractivity contribution < 1.29 is 4.39 Å². The average molecular weight is 412 g/mol. The molecule has 0 amide bonds. The third-order valence-corrected chi connectivity index (χ3v) is 4.86. The van der Waals surface area contributed by atoms with E-state index < -0.39 is 5.82 Å². The molecule has 0 spiro atoms. The number of halogens is 2. The SMILES string of the molecule is CSNc1cncc(-c2ccc3ncnc(Nc4cccc(Cl)c4F)c3c2)c1. The van der Waals surface area contributed by atoms with E-state index in [1.54, 1.807) is 24.5 Å². The van der Waals surface area contributed by atoms with Crippen LogP contribution < -0.4 is 10.0 Å². The van der Waals surface area contributed by atoms with Crippen LogP contribution in [-0.4, -0.2) is 21.2 Å². The third-order valence-electron chi connectivity index (χ3n) is 4.13. The third kappa shape index (κ3) is 3.72. The quantitative estimate of drug-likeness (QED) is 0.397. The fourth-order valence-electron chi connectivity index (χ4n) is 2.84. The topological polar surface area (TPSA) is 62.7 Å². The number of rotatable bonds is 5. The average Bonchev–Trinajstić information content (AvgIpc) is 2.72. The fraction of sp³-hybridized carbons (Fsp3) is 0.0500. The summed E-state index contributed by atoms with van der Waals surface area (Å²) in [5, 5.41) is 3.84. The Morgan fingerprint density at radius 2 is 1.93 bits per heavy atom. The molecule has 8 heteroatoms. The van der Waals surface area contributed by atoms with Gasteiger partial charge in [0.15, 0.2) is 5.82 Å². The highest BCUT2D eigenvalue weighted by Crippen LogP contribution is 2.31. The number of hydrogen-bond donors (Lipinski definition) is 2. The molecule has 0 saturated carbocycles. The summed E-state index contributed by atoms with van der Waals surface area (Å²) >= 11 is 7.38. The van der Waals surface area contributed by atoms with Gasteiger partial charge in [0.25, 0.3) is 0 Å². The molecule has 0 unspecified atom stereocenters. The molecular weight excluding hydrogens is 397 g/mol. The summed E-state index contributed by atoms with van der Waals surface area (Å²) in [6.45, 7) is 0. The number of pyridine rings is 1. The van der Waals surface area contributed by atoms with Crippen molar-refractivity contribution in [2.45, 2.75) is 0 Å². The molecule has 5 nitrogen and oxygen atoms in total. The number of benzene rings is 2. The van der Waals surface area contributed by atoms with Crippen LogP contribution in [0.2, 0.25) is 5.02 Å². The molecule has 2 N–H and O–H groups in total. The van der Waals surface area contributed by atoms with E-state index in [-0.39, 0.29) is 10.7 Å². The Bertz CT molecular complexity index is 1150. The molecule has 0 atom stereocenters. The fourth-order valence-corrected chi connectivity index (χ4v) is 3.36. The highest BCUT2D eigenvalue weighted by molar-refractivity contribution is 7.99. The number of nitrogens with zero attached hydrogens (tertiary/aromatic N) is 3. The molecule has 28 heavy (non-hydrogen) atoms. The van der Waals surface area contributed by atoms with E-state index in [0.29, 0.717) is 5.82 Å². The Morgan fingerprint density at radius 3 is 2.79 bits per heavy atom. The van der Waals surface area contributed by atoms with Crippen LogP contribution in [0.4, 0.5) is 21.6 Å². The summed E-state index contributed by atoms with van der Waals surface area (Å²) < 4.78 is 17.5. The molecule has 0 aliphatic heterocycles. The second-order valence-electron chi connectivity index (χ2n) is 5.95. The maximum Gasteiger partial charge on any atom is 0.165 e. The van der Waals surface area contributed by atoms with Crippen LogP contribution in [0.25, 0.3) is 22.0 Å². The zero-order valence-electron chi connectivity index (χ0n) is 14.8. The van der Waals surface area contributed by atoms with Gasteiger partial charge in [0.1, 0.15) is 12.1 Å². The van der Waals surface area contributed by atoms with Gasteiger partial charge in [-0.2, -0.15) is 0 Å². The first kappa shape index (κ1) is 18.5. The van der Waals surface area contributed by atoms with E-state index in [9.17, 15) is 4.39 Å². The van der Waals surface area contributed by atoms with Crippen LogP contribution in [0.5, 0.6) is 0 Å². The van der Waals surface area contributed by atoms with Crippen LogP contribution in [0.3, 0.4) is 0 Å². The standard InChI is InChI=1S/C20H15ClFN5S/c1-28-27-14-7-13(9-23-10-14)12-5-6-17-15(8-12)20(25-11-24-17)26-18-4-2-3-16(21)19(18)22/h2-11,27H,1H3,(H,24,25,26). The zero-order valence-corrected chi connectivity index (χ0v) is 16.4. The summed E-state index contributed by atoms with van der Waals surface area (Å²) in [7, 11) is 0. The molecule has 2 aromatic heterocycles. The highest BCUT2D eigenvalue weighted by Gasteiger charge is 2.11. The minimum atomic E-state index is -0.521. The van der Waals surface area contributed by atoms with E-state index >= 15 is 0 Å². The maximum absolute atomic E-state index is 14.3. The molecule has 2 heterocycles. The first-order valence-corrected chi connectivity index (χ1v) is 9.96. The first-order valence-electron chi connectivity index (χ1n) is 8.36. The Morgan fingerprint density at radius 1 is 1.04 bits per heavy atom. The van der Waals surface area contributed by atoms with Crippen molar-refractivity contribution in [1.29, 1.82) is 0 Å². The van der Waals surface area contributed by atoms with Crippen molar-refractivity contribution in [2.24, 2.45) is 0 Å². The molecule has 0 aliphatic carbocycles. The molecule has 4 rings (SSSR count). The Balaban J connectivity index is 1.78. The summed E-state index contributed by atoms with van der Waals surface area (Å²) in [5.74, 6) is -0.0218. The van der Waals surface area contributed by atoms with Gasteiger partial charge in [-0.05, 0) is 35.9 Å². The molecule has 0 fully saturated rings. The summed E-state index contributed by atoms with van der Waals surface area (Å²) in [6.07, 6.45) is 6.95. The van der Waals surface area contributed by atoms with Crippen LogP contribution >= 0.6 is 23.5 Å². The minimum absolute atomic E-state index is 0.0493. The molecule has 0 radical (unpaired) electrons. The highest BCUT2D eigenvalue weighted by atomic mass is 35.5. The van der Waals surface area contributed by atoms with Crippen LogP contribution in [-0.2, 0) is 0 Å². The van der Waals surface area contributed by atoms with Crippen LogP contribution in [0.15, 0.2) is 61.2 Å². The maximum atomic E-state index is 14.3. The summed E-state index contributed by atoms with van der Waals surface area (Å²) in [4.78, 5) is 12.9. The lowest BCUT2D eigenvalue weighted by Gasteiger charge is -2.11. The lowest BCUT2D eigenvalue weighted by molar-refractivity contribution is 0.632. The normalized spacial score (nSPS) is 10.8. The van der Waals surface area contributed by atoms with Crippen molar-refractivity contribution in [2.75, 3.05) is 16.3 Å². The second kappa shape index (κ2) is 8.00. The molecule has 4 aromatic rings. The van der Waals surface area contributed by atoms with E-state index in [0.717, 1.165) is 27.7 Å². The summed E-state index contributed by atoms with van der Waals surface area (Å²) in [5.41, 5.74) is 3.81. The van der Waals surface area contributed by atoms with Crippen molar-refractivity contribution >= 4 is 51.6 Å². The van der Waals surface area contributed by atoms with Gasteiger partial charge in [0.05, 0.1) is 28.1 Å². The zero-order chi connectivity index (χ0) is 19.5. The smallest absolute Gasteiger partial charge is 0.165 e. The number of anilines is 3. The first-order chi connectivity index (χ1) is 13.7. The Hall–Kier alpha value is -2.90. The van der Waals surface area contributed by atoms with Crippen molar-refractivity contribution in [3.05, 3.63) is 72.0 Å². The minimum Gasteiger partial charge on any atom is -0.337 e. The molecular formula is C20H15ClFN5S. The monoisotopic (exact) mass is 411 g/mol. The van der Waals surface area contributed by atoms with E-state index in [1.807, 2.05) is 30.5 Å². The van der Waals surface area contributed by atoms with Gasteiger partial charge >= 0.3 is 0 Å². The van der Waals surface area contributed by atoms with Gasteiger partial charge in [0.2, 0.25) is 0 Å². The van der Waals surface area contributed by atoms with E-state index in [2.05, 4.69) is 25.0 Å². The van der Waals surface area contributed by atoms with Crippen LogP contribution in [0, 0.1) is 5.82 Å². The molecule has 0 saturated heterocycles. The van der Waals surface area contributed by atoms with Crippen LogP contribution in [0.1, 0.15) is 0 Å². The van der Waals surface area contributed by atoms with Crippen molar-refractivity contribution in [1.82, 2.24) is 15.0 Å². The van der Waals surface area contributed by atoms with Gasteiger partial charge in [-0.15, -0.1) is 0 Å². The van der Waals surface area contributed by atoms with Crippen molar-refractivity contribution in [3.63, 3.8) is 0 Å². The van der Waals surface area contributed by atoms with Gasteiger partial charge in [-0.25, -0.2) is 14.4 Å². The lowest BCUT2D eigenvalue weighted by atomic mass is 10.0. The van der Waals surface area contributed by atoms with E-state index in [1.165, 1.54) is 24.3 Å². The summed E-state index contributed by atoms with van der Waals surface area (Å²) in [6, 6.07) is 12.6. The molecule has 2 aromatic carbocycles. The Kier molecular flexibility index (Phi) is 5.27. The molecule has 140 valence electrons. The van der Waals surface area contributed by atoms with Gasteiger partial charge in [-0.3, -0.25) is 4.98 Å². The van der Waals surface area contributed by atoms with Crippen molar-refractivity contribution in [3.8, 4) is 11.1 Å². The number of fused-ring (bicyclic) bond motifs is 1. The van der Waals surface area contributed by atoms with Gasteiger partial charge in [0, 0.05) is 23.4 Å². The number of aromatic nitrogens is 3. The number of nitrogens with one attached hydrogen (secondary N) is 2. The predicted octanol–water partition coefficient (Wildman–Crippen LogP) is 5.92. The Labute approximate surface area is 170 Å². The largest absolute Gasteiger partial charge is 0.337 e. The molecule has 0 bridgehead atoms. The lowest BCUT2D eigenvalue weighted by Crippen LogP contribution is -1.98. The van der Waals surface area contributed by atoms with E-state index in [4.69, 9.17) is 11.6 Å². The number of hydrogen-bond acceptors (Lipinski definition) is 6. The van der Waals surface area contributed by atoms with Gasteiger partial charge < -0.3 is 10.0 Å².